The molecule has 1 atom stereocenters. The molecule has 2 aliphatic rings. The lowest BCUT2D eigenvalue weighted by Crippen LogP contribution is -2.51. The van der Waals surface area contributed by atoms with E-state index in [1.54, 1.807) is 12.5 Å². The van der Waals surface area contributed by atoms with Gasteiger partial charge in [-0.15, -0.1) is 0 Å². The Bertz CT molecular complexity index is 1420. The van der Waals surface area contributed by atoms with Gasteiger partial charge in [0.25, 0.3) is 5.91 Å². The van der Waals surface area contributed by atoms with E-state index < -0.39 is 0 Å². The SMILES string of the molecule is CN1c2ccccc2C(=O)N2CCc3c(n(CCC(=O)NCCCn4ccnc4)c4ccccc34)C21. The normalized spacial score (nSPS) is 16.6. The quantitative estimate of drug-likeness (QED) is 0.409. The molecular weight excluding hydrogens is 452 g/mol. The molecule has 2 aromatic heterocycles. The number of rotatable bonds is 7. The smallest absolute Gasteiger partial charge is 0.257 e. The molecule has 0 spiro atoms. The largest absolute Gasteiger partial charge is 0.356 e. The van der Waals surface area contributed by atoms with E-state index in [9.17, 15) is 9.59 Å². The van der Waals surface area contributed by atoms with Crippen LogP contribution in [0.2, 0.25) is 0 Å². The number of para-hydroxylation sites is 2. The van der Waals surface area contributed by atoms with Gasteiger partial charge in [0.2, 0.25) is 5.91 Å². The van der Waals surface area contributed by atoms with E-state index in [1.165, 1.54) is 10.9 Å². The average Bonchev–Trinajstić information content (AvgIpc) is 3.54. The van der Waals surface area contributed by atoms with Crippen molar-refractivity contribution in [2.75, 3.05) is 25.0 Å². The molecule has 4 aromatic rings. The molecule has 184 valence electrons. The molecule has 6 rings (SSSR count). The van der Waals surface area contributed by atoms with Crippen LogP contribution < -0.4 is 10.2 Å². The maximum atomic E-state index is 13.5. The zero-order valence-electron chi connectivity index (χ0n) is 20.4. The summed E-state index contributed by atoms with van der Waals surface area (Å²) in [5.41, 5.74) is 5.23. The van der Waals surface area contributed by atoms with Gasteiger partial charge in [0.05, 0.1) is 23.3 Å². The summed E-state index contributed by atoms with van der Waals surface area (Å²) in [5, 5.41) is 4.28. The van der Waals surface area contributed by atoms with Crippen molar-refractivity contribution in [3.8, 4) is 0 Å². The molecule has 8 nitrogen and oxygen atoms in total. The van der Waals surface area contributed by atoms with Crippen LogP contribution in [0.1, 0.15) is 40.6 Å². The molecule has 2 aromatic carbocycles. The van der Waals surface area contributed by atoms with E-state index >= 15 is 0 Å². The van der Waals surface area contributed by atoms with E-state index in [-0.39, 0.29) is 18.0 Å². The molecule has 2 amide bonds. The van der Waals surface area contributed by atoms with Crippen LogP contribution in [0.3, 0.4) is 0 Å². The maximum Gasteiger partial charge on any atom is 0.257 e. The fourth-order valence-electron chi connectivity index (χ4n) is 5.76. The third-order valence-corrected chi connectivity index (χ3v) is 7.44. The number of anilines is 1. The van der Waals surface area contributed by atoms with Crippen LogP contribution in [0.25, 0.3) is 10.9 Å². The highest BCUT2D eigenvalue weighted by Gasteiger charge is 2.42. The van der Waals surface area contributed by atoms with Crippen LogP contribution in [0.4, 0.5) is 5.69 Å². The minimum absolute atomic E-state index is 0.0400. The number of nitrogens with zero attached hydrogens (tertiary/aromatic N) is 5. The Balaban J connectivity index is 1.26. The van der Waals surface area contributed by atoms with E-state index in [0.29, 0.717) is 26.1 Å². The molecule has 8 heteroatoms. The molecule has 0 saturated heterocycles. The predicted octanol–water partition coefficient (Wildman–Crippen LogP) is 3.58. The lowest BCUT2D eigenvalue weighted by Gasteiger charge is -2.46. The first-order chi connectivity index (χ1) is 17.6. The summed E-state index contributed by atoms with van der Waals surface area (Å²) in [6.45, 7) is 2.71. The van der Waals surface area contributed by atoms with Gasteiger partial charge in [-0.25, -0.2) is 4.98 Å². The number of nitrogens with one attached hydrogen (secondary N) is 1. The van der Waals surface area contributed by atoms with Gasteiger partial charge in [0.15, 0.2) is 0 Å². The van der Waals surface area contributed by atoms with Gasteiger partial charge < -0.3 is 24.3 Å². The second-order valence-corrected chi connectivity index (χ2v) is 9.54. The molecule has 36 heavy (non-hydrogen) atoms. The Morgan fingerprint density at radius 1 is 1.11 bits per heavy atom. The molecule has 0 aliphatic carbocycles. The van der Waals surface area contributed by atoms with Crippen molar-refractivity contribution in [3.05, 3.63) is 84.1 Å². The number of carbonyl (C=O) groups excluding carboxylic acids is 2. The van der Waals surface area contributed by atoms with Crippen LogP contribution in [0.5, 0.6) is 0 Å². The maximum absolute atomic E-state index is 13.5. The fourth-order valence-corrected chi connectivity index (χ4v) is 5.76. The molecule has 1 unspecified atom stereocenters. The Hall–Kier alpha value is -4.07. The second-order valence-electron chi connectivity index (χ2n) is 9.54. The number of amides is 2. The number of hydrogen-bond donors (Lipinski definition) is 1. The monoisotopic (exact) mass is 482 g/mol. The third-order valence-electron chi connectivity index (χ3n) is 7.44. The minimum Gasteiger partial charge on any atom is -0.356 e. The van der Waals surface area contributed by atoms with Crippen molar-refractivity contribution in [3.63, 3.8) is 0 Å². The van der Waals surface area contributed by atoms with Gasteiger partial charge in [0.1, 0.15) is 6.17 Å². The lowest BCUT2D eigenvalue weighted by molar-refractivity contribution is -0.121. The number of fused-ring (bicyclic) bond motifs is 6. The zero-order valence-corrected chi connectivity index (χ0v) is 20.4. The number of aromatic nitrogens is 3. The van der Waals surface area contributed by atoms with Crippen LogP contribution in [-0.2, 0) is 24.3 Å². The first-order valence-electron chi connectivity index (χ1n) is 12.6. The van der Waals surface area contributed by atoms with E-state index in [4.69, 9.17) is 0 Å². The van der Waals surface area contributed by atoms with Crippen molar-refractivity contribution in [1.29, 1.82) is 0 Å². The van der Waals surface area contributed by atoms with E-state index in [2.05, 4.69) is 45.0 Å². The van der Waals surface area contributed by atoms with Crippen LogP contribution >= 0.6 is 0 Å². The van der Waals surface area contributed by atoms with Crippen molar-refractivity contribution >= 4 is 28.4 Å². The van der Waals surface area contributed by atoms with Crippen LogP contribution in [0.15, 0.2) is 67.3 Å². The van der Waals surface area contributed by atoms with Gasteiger partial charge in [-0.3, -0.25) is 9.59 Å². The van der Waals surface area contributed by atoms with E-state index in [0.717, 1.165) is 41.8 Å². The van der Waals surface area contributed by atoms with Gasteiger partial charge in [-0.2, -0.15) is 0 Å². The molecule has 1 N–H and O–H groups in total. The molecule has 0 bridgehead atoms. The van der Waals surface area contributed by atoms with Gasteiger partial charge >= 0.3 is 0 Å². The van der Waals surface area contributed by atoms with Crippen molar-refractivity contribution < 1.29 is 9.59 Å². The third kappa shape index (κ3) is 3.73. The second kappa shape index (κ2) is 9.18. The first kappa shape index (κ1) is 22.4. The highest BCUT2D eigenvalue weighted by Crippen LogP contribution is 2.44. The molecule has 2 aliphatic heterocycles. The van der Waals surface area contributed by atoms with Gasteiger partial charge in [0, 0.05) is 62.9 Å². The van der Waals surface area contributed by atoms with Crippen molar-refractivity contribution in [1.82, 2.24) is 24.3 Å². The number of benzene rings is 2. The number of carbonyl (C=O) groups is 2. The molecular formula is C28H30N6O2. The summed E-state index contributed by atoms with van der Waals surface area (Å²) < 4.78 is 4.28. The van der Waals surface area contributed by atoms with Crippen LogP contribution in [0, 0.1) is 0 Å². The highest BCUT2D eigenvalue weighted by atomic mass is 16.2. The number of aryl methyl sites for hydroxylation is 2. The summed E-state index contributed by atoms with van der Waals surface area (Å²) in [6.07, 6.45) is 7.33. The standard InChI is InChI=1S/C28H30N6O2/c1-31-23-9-4-3-8-22(23)28(36)34-16-11-21-20-7-2-5-10-24(20)33(26(21)27(31)34)17-12-25(35)30-13-6-15-32-18-14-29-19-32/h2-5,7-10,14,18-19,27H,6,11-13,15-17H2,1H3,(H,30,35). The molecule has 0 radical (unpaired) electrons. The fraction of sp³-hybridized carbons (Fsp3) is 0.321. The Kier molecular flexibility index (Phi) is 5.71. The summed E-state index contributed by atoms with van der Waals surface area (Å²) in [6, 6.07) is 16.2. The van der Waals surface area contributed by atoms with Crippen LogP contribution in [-0.4, -0.2) is 51.0 Å². The molecule has 4 heterocycles. The topological polar surface area (TPSA) is 75.4 Å². The van der Waals surface area contributed by atoms with Crippen molar-refractivity contribution in [2.24, 2.45) is 0 Å². The first-order valence-corrected chi connectivity index (χ1v) is 12.6. The summed E-state index contributed by atoms with van der Waals surface area (Å²) in [4.78, 5) is 34.4. The zero-order chi connectivity index (χ0) is 24.6. The number of imidazole rings is 1. The van der Waals surface area contributed by atoms with Crippen molar-refractivity contribution in [2.45, 2.75) is 38.5 Å². The Labute approximate surface area is 210 Å². The lowest BCUT2D eigenvalue weighted by atomic mass is 9.96. The van der Waals surface area contributed by atoms with Gasteiger partial charge in [-0.1, -0.05) is 30.3 Å². The Morgan fingerprint density at radius 3 is 2.81 bits per heavy atom. The highest BCUT2D eigenvalue weighted by molar-refractivity contribution is 6.02. The van der Waals surface area contributed by atoms with E-state index in [1.807, 2.05) is 46.0 Å². The summed E-state index contributed by atoms with van der Waals surface area (Å²) in [7, 11) is 2.06. The summed E-state index contributed by atoms with van der Waals surface area (Å²) in [5.74, 6) is 0.116. The molecule has 0 fully saturated rings. The average molecular weight is 483 g/mol. The number of hydrogen-bond acceptors (Lipinski definition) is 4. The van der Waals surface area contributed by atoms with Gasteiger partial charge in [-0.05, 0) is 36.6 Å². The summed E-state index contributed by atoms with van der Waals surface area (Å²) >= 11 is 0. The predicted molar refractivity (Wildman–Crippen MR) is 139 cm³/mol. The molecule has 0 saturated carbocycles. The minimum atomic E-state index is -0.193. The Morgan fingerprint density at radius 2 is 1.94 bits per heavy atom.